The molecule has 2 aromatic carbocycles. The monoisotopic (exact) mass is 434 g/mol. The minimum absolute atomic E-state index is 0.888. The molecule has 3 rings (SSSR count). The van der Waals surface area contributed by atoms with Crippen LogP contribution in [0.4, 0.5) is 0 Å². The van der Waals surface area contributed by atoms with Crippen LogP contribution < -0.4 is 0 Å². The summed E-state index contributed by atoms with van der Waals surface area (Å²) >= 11 is 8.57. The van der Waals surface area contributed by atoms with Crippen LogP contribution in [-0.4, -0.2) is 10.2 Å². The number of hydrogen-bond donors (Lipinski definition) is 0. The second kappa shape index (κ2) is 7.40. The Balaban J connectivity index is 1.66. The van der Waals surface area contributed by atoms with Gasteiger partial charge in [0.15, 0.2) is 0 Å². The van der Waals surface area contributed by atoms with Gasteiger partial charge >= 0.3 is 0 Å². The fourth-order valence-electron chi connectivity index (χ4n) is 1.91. The second-order valence-electron chi connectivity index (χ2n) is 4.68. The van der Waals surface area contributed by atoms with Crippen molar-refractivity contribution in [1.82, 2.24) is 10.2 Å². The number of benzene rings is 2. The highest BCUT2D eigenvalue weighted by Gasteiger charge is 2.02. The lowest BCUT2D eigenvalue weighted by Crippen LogP contribution is -1.90. The van der Waals surface area contributed by atoms with Crippen molar-refractivity contribution in [3.05, 3.63) is 75.2 Å². The molecule has 1 aromatic heterocycles. The predicted molar refractivity (Wildman–Crippen MR) is 98.9 cm³/mol. The molecule has 22 heavy (non-hydrogen) atoms. The summed E-state index contributed by atoms with van der Waals surface area (Å²) in [7, 11) is 0. The highest BCUT2D eigenvalue weighted by atomic mass is 79.9. The highest BCUT2D eigenvalue weighted by Crippen LogP contribution is 2.24. The molecule has 5 heteroatoms. The van der Waals surface area contributed by atoms with Crippen molar-refractivity contribution in [2.75, 3.05) is 0 Å². The molecule has 2 nitrogen and oxygen atoms in total. The lowest BCUT2D eigenvalue weighted by Gasteiger charge is -2.03. The first-order valence-electron chi connectivity index (χ1n) is 6.67. The van der Waals surface area contributed by atoms with Gasteiger partial charge in [-0.3, -0.25) is 0 Å². The zero-order valence-electron chi connectivity index (χ0n) is 11.5. The quantitative estimate of drug-likeness (QED) is 0.472. The summed E-state index contributed by atoms with van der Waals surface area (Å²) in [5.41, 5.74) is 3.23. The average Bonchev–Trinajstić information content (AvgIpc) is 2.56. The van der Waals surface area contributed by atoms with Gasteiger partial charge in [-0.15, -0.1) is 10.2 Å². The summed E-state index contributed by atoms with van der Waals surface area (Å²) in [6, 6.07) is 20.4. The minimum atomic E-state index is 0.888. The molecule has 0 radical (unpaired) electrons. The normalized spacial score (nSPS) is 10.6. The van der Waals surface area contributed by atoms with Gasteiger partial charge in [-0.05, 0) is 42.0 Å². The van der Waals surface area contributed by atoms with E-state index in [1.54, 1.807) is 11.8 Å². The number of halogens is 2. The van der Waals surface area contributed by atoms with Gasteiger partial charge in [0.1, 0.15) is 5.03 Å². The van der Waals surface area contributed by atoms with Gasteiger partial charge < -0.3 is 0 Å². The van der Waals surface area contributed by atoms with Crippen molar-refractivity contribution >= 4 is 43.6 Å². The Morgan fingerprint density at radius 3 is 1.95 bits per heavy atom. The molecule has 0 atom stereocenters. The van der Waals surface area contributed by atoms with E-state index in [9.17, 15) is 0 Å². The number of thioether (sulfide) groups is 1. The van der Waals surface area contributed by atoms with Gasteiger partial charge in [0.2, 0.25) is 0 Å². The molecule has 0 bridgehead atoms. The first-order chi connectivity index (χ1) is 10.7. The molecule has 0 aliphatic heterocycles. The van der Waals surface area contributed by atoms with Crippen LogP contribution in [0.1, 0.15) is 5.56 Å². The van der Waals surface area contributed by atoms with E-state index in [0.29, 0.717) is 0 Å². The standard InChI is InChI=1S/C17H12Br2N2S/c18-14-5-1-12(2-6-14)11-22-17-10-9-16(20-21-17)13-3-7-15(19)8-4-13/h1-10H,11H2. The summed E-state index contributed by atoms with van der Waals surface area (Å²) in [5.74, 6) is 0.888. The number of hydrogen-bond acceptors (Lipinski definition) is 3. The molecule has 0 saturated carbocycles. The Hall–Kier alpha value is -1.17. The molecule has 1 heterocycles. The lowest BCUT2D eigenvalue weighted by molar-refractivity contribution is 0.935. The Kier molecular flexibility index (Phi) is 5.28. The smallest absolute Gasteiger partial charge is 0.119 e. The Bertz CT molecular complexity index is 741. The van der Waals surface area contributed by atoms with Gasteiger partial charge in [-0.25, -0.2) is 0 Å². The van der Waals surface area contributed by atoms with Crippen LogP contribution in [-0.2, 0) is 5.75 Å². The summed E-state index contributed by atoms with van der Waals surface area (Å²) < 4.78 is 2.16. The fraction of sp³-hybridized carbons (Fsp3) is 0.0588. The lowest BCUT2D eigenvalue weighted by atomic mass is 10.1. The molecule has 0 spiro atoms. The largest absolute Gasteiger partial charge is 0.149 e. The van der Waals surface area contributed by atoms with Crippen LogP contribution in [0.3, 0.4) is 0 Å². The van der Waals surface area contributed by atoms with E-state index in [1.165, 1.54) is 5.56 Å². The zero-order chi connectivity index (χ0) is 15.4. The molecule has 3 aromatic rings. The Labute approximate surface area is 150 Å². The van der Waals surface area contributed by atoms with E-state index in [0.717, 1.165) is 31.0 Å². The van der Waals surface area contributed by atoms with Crippen molar-refractivity contribution in [1.29, 1.82) is 0 Å². The fourth-order valence-corrected chi connectivity index (χ4v) is 3.21. The molecule has 0 saturated heterocycles. The topological polar surface area (TPSA) is 25.8 Å². The maximum atomic E-state index is 4.31. The van der Waals surface area contributed by atoms with Gasteiger partial charge in [-0.2, -0.15) is 0 Å². The average molecular weight is 436 g/mol. The summed E-state index contributed by atoms with van der Waals surface area (Å²) in [5, 5.41) is 9.55. The van der Waals surface area contributed by atoms with Crippen molar-refractivity contribution < 1.29 is 0 Å². The summed E-state index contributed by atoms with van der Waals surface area (Å²) in [6.45, 7) is 0. The SMILES string of the molecule is Brc1ccc(CSc2ccc(-c3ccc(Br)cc3)nn2)cc1. The predicted octanol–water partition coefficient (Wildman–Crippen LogP) is 5.96. The first-order valence-corrected chi connectivity index (χ1v) is 9.25. The molecular formula is C17H12Br2N2S. The maximum Gasteiger partial charge on any atom is 0.119 e. The van der Waals surface area contributed by atoms with Crippen LogP contribution >= 0.6 is 43.6 Å². The van der Waals surface area contributed by atoms with Crippen molar-refractivity contribution in [3.8, 4) is 11.3 Å². The molecule has 110 valence electrons. The minimum Gasteiger partial charge on any atom is -0.149 e. The summed E-state index contributed by atoms with van der Waals surface area (Å²) in [4.78, 5) is 0. The van der Waals surface area contributed by atoms with Gasteiger partial charge in [0, 0.05) is 20.3 Å². The van der Waals surface area contributed by atoms with Crippen molar-refractivity contribution in [2.45, 2.75) is 10.8 Å². The van der Waals surface area contributed by atoms with E-state index >= 15 is 0 Å². The van der Waals surface area contributed by atoms with Crippen molar-refractivity contribution in [2.24, 2.45) is 0 Å². The molecule has 0 aliphatic carbocycles. The third kappa shape index (κ3) is 4.18. The Morgan fingerprint density at radius 1 is 0.727 bits per heavy atom. The molecule has 0 fully saturated rings. The number of aromatic nitrogens is 2. The molecular weight excluding hydrogens is 424 g/mol. The van der Waals surface area contributed by atoms with E-state index in [-0.39, 0.29) is 0 Å². The third-order valence-corrected chi connectivity index (χ3v) is 5.13. The third-order valence-electron chi connectivity index (χ3n) is 3.08. The van der Waals surface area contributed by atoms with Crippen LogP contribution in [0.2, 0.25) is 0 Å². The van der Waals surface area contributed by atoms with Crippen LogP contribution in [0.5, 0.6) is 0 Å². The van der Waals surface area contributed by atoms with Crippen LogP contribution in [0, 0.1) is 0 Å². The molecule has 0 unspecified atom stereocenters. The van der Waals surface area contributed by atoms with Gasteiger partial charge in [0.25, 0.3) is 0 Å². The van der Waals surface area contributed by atoms with Gasteiger partial charge in [-0.1, -0.05) is 67.9 Å². The van der Waals surface area contributed by atoms with Crippen LogP contribution in [0.25, 0.3) is 11.3 Å². The van der Waals surface area contributed by atoms with Crippen molar-refractivity contribution in [3.63, 3.8) is 0 Å². The second-order valence-corrected chi connectivity index (χ2v) is 7.51. The Morgan fingerprint density at radius 2 is 1.36 bits per heavy atom. The molecule has 0 aliphatic rings. The van der Waals surface area contributed by atoms with E-state index in [2.05, 4.69) is 66.3 Å². The van der Waals surface area contributed by atoms with Gasteiger partial charge in [0.05, 0.1) is 5.69 Å². The number of rotatable bonds is 4. The van der Waals surface area contributed by atoms with E-state index in [4.69, 9.17) is 0 Å². The van der Waals surface area contributed by atoms with E-state index in [1.807, 2.05) is 36.4 Å². The maximum absolute atomic E-state index is 4.31. The van der Waals surface area contributed by atoms with E-state index < -0.39 is 0 Å². The zero-order valence-corrected chi connectivity index (χ0v) is 15.5. The molecule has 0 N–H and O–H groups in total. The van der Waals surface area contributed by atoms with Crippen LogP contribution in [0.15, 0.2) is 74.6 Å². The number of nitrogens with zero attached hydrogens (tertiary/aromatic N) is 2. The summed E-state index contributed by atoms with van der Waals surface area (Å²) in [6.07, 6.45) is 0. The highest BCUT2D eigenvalue weighted by molar-refractivity contribution is 9.10. The molecule has 0 amide bonds. The first kappa shape index (κ1) is 15.7.